The lowest BCUT2D eigenvalue weighted by Crippen LogP contribution is -2.49. The van der Waals surface area contributed by atoms with Crippen LogP contribution in [0.5, 0.6) is 0 Å². The zero-order valence-electron chi connectivity index (χ0n) is 6.14. The van der Waals surface area contributed by atoms with E-state index in [1.807, 2.05) is 0 Å². The normalized spacial score (nSPS) is 18.7. The summed E-state index contributed by atoms with van der Waals surface area (Å²) in [5.41, 5.74) is 0. The van der Waals surface area contributed by atoms with Gasteiger partial charge in [0.25, 0.3) is 0 Å². The number of hydrogen-bond donors (Lipinski definition) is 1. The molecule has 1 aromatic heterocycles. The van der Waals surface area contributed by atoms with Crippen molar-refractivity contribution in [1.29, 1.82) is 0 Å². The monoisotopic (exact) mass is 154 g/mol. The maximum atomic E-state index is 3.79. The van der Waals surface area contributed by atoms with Crippen LogP contribution in [0, 0.1) is 0 Å². The summed E-state index contributed by atoms with van der Waals surface area (Å²) < 4.78 is 0. The van der Waals surface area contributed by atoms with Gasteiger partial charge in [0, 0.05) is 26.2 Å². The molecular weight excluding hydrogens is 144 g/mol. The van der Waals surface area contributed by atoms with E-state index < -0.39 is 0 Å². The molecule has 11 heavy (non-hydrogen) atoms. The van der Waals surface area contributed by atoms with Crippen LogP contribution in [0.4, 0.5) is 0 Å². The van der Waals surface area contributed by atoms with Gasteiger partial charge in [0.15, 0.2) is 6.33 Å². The van der Waals surface area contributed by atoms with E-state index >= 15 is 0 Å². The third kappa shape index (κ3) is 1.30. The molecule has 1 aliphatic heterocycles. The van der Waals surface area contributed by atoms with Crippen LogP contribution in [0.1, 0.15) is 0 Å². The molecule has 6 heteroatoms. The minimum Gasteiger partial charge on any atom is -0.313 e. The Kier molecular flexibility index (Phi) is 1.68. The van der Waals surface area contributed by atoms with Crippen molar-refractivity contribution in [1.82, 2.24) is 25.6 Å². The van der Waals surface area contributed by atoms with Crippen LogP contribution in [-0.2, 0) is 0 Å². The third-order valence-electron chi connectivity index (χ3n) is 1.72. The first kappa shape index (κ1) is 6.53. The largest absolute Gasteiger partial charge is 0.313 e. The van der Waals surface area contributed by atoms with Crippen molar-refractivity contribution in [2.45, 2.75) is 0 Å². The van der Waals surface area contributed by atoms with E-state index in [-0.39, 0.29) is 0 Å². The molecule has 2 rings (SSSR count). The average molecular weight is 154 g/mol. The molecule has 0 aromatic carbocycles. The van der Waals surface area contributed by atoms with Crippen LogP contribution in [-0.4, -0.2) is 46.5 Å². The molecule has 0 aliphatic carbocycles. The highest BCUT2D eigenvalue weighted by molar-refractivity contribution is 4.86. The number of aromatic nitrogens is 4. The van der Waals surface area contributed by atoms with Crippen LogP contribution in [0.25, 0.3) is 0 Å². The zero-order chi connectivity index (χ0) is 7.52. The highest BCUT2D eigenvalue weighted by Gasteiger charge is 2.09. The highest BCUT2D eigenvalue weighted by Crippen LogP contribution is 1.88. The van der Waals surface area contributed by atoms with Gasteiger partial charge in [-0.25, -0.2) is 0 Å². The molecule has 0 radical (unpaired) electrons. The second kappa shape index (κ2) is 2.83. The minimum absolute atomic E-state index is 0.963. The van der Waals surface area contributed by atoms with Crippen LogP contribution in [0.2, 0.25) is 0 Å². The summed E-state index contributed by atoms with van der Waals surface area (Å²) in [5.74, 6) is 0. The average Bonchev–Trinajstić information content (AvgIpc) is 2.58. The molecule has 0 atom stereocenters. The Labute approximate surface area is 64.1 Å². The van der Waals surface area contributed by atoms with Gasteiger partial charge in [0.2, 0.25) is 0 Å². The van der Waals surface area contributed by atoms with Crippen LogP contribution < -0.4 is 10.3 Å². The predicted molar refractivity (Wildman–Crippen MR) is 38.6 cm³/mol. The Bertz CT molecular complexity index is 201. The molecule has 0 unspecified atom stereocenters. The fourth-order valence-electron chi connectivity index (χ4n) is 1.14. The highest BCUT2D eigenvalue weighted by atomic mass is 15.7. The van der Waals surface area contributed by atoms with Gasteiger partial charge in [-0.2, -0.15) is 0 Å². The van der Waals surface area contributed by atoms with Crippen LogP contribution in [0.15, 0.2) is 6.33 Å². The summed E-state index contributed by atoms with van der Waals surface area (Å²) in [4.78, 5) is 1.68. The molecular formula is C5H10N6. The van der Waals surface area contributed by atoms with Crippen molar-refractivity contribution in [3.63, 3.8) is 0 Å². The van der Waals surface area contributed by atoms with E-state index in [0.717, 1.165) is 26.2 Å². The molecule has 1 fully saturated rings. The fourth-order valence-corrected chi connectivity index (χ4v) is 1.14. The van der Waals surface area contributed by atoms with Crippen molar-refractivity contribution in [2.24, 2.45) is 0 Å². The number of tetrazole rings is 1. The van der Waals surface area contributed by atoms with Gasteiger partial charge in [0.05, 0.1) is 0 Å². The Morgan fingerprint density at radius 1 is 1.27 bits per heavy atom. The maximum absolute atomic E-state index is 3.79. The molecule has 1 aliphatic rings. The first-order valence-electron chi connectivity index (χ1n) is 3.66. The minimum atomic E-state index is 0.963. The Morgan fingerprint density at radius 3 is 2.73 bits per heavy atom. The van der Waals surface area contributed by atoms with Crippen LogP contribution in [0.3, 0.4) is 0 Å². The second-order valence-corrected chi connectivity index (χ2v) is 2.43. The van der Waals surface area contributed by atoms with Crippen molar-refractivity contribution < 1.29 is 0 Å². The summed E-state index contributed by atoms with van der Waals surface area (Å²) in [5, 5.41) is 16.3. The van der Waals surface area contributed by atoms with Gasteiger partial charge in [0.1, 0.15) is 0 Å². The van der Waals surface area contributed by atoms with Crippen molar-refractivity contribution in [3.05, 3.63) is 6.33 Å². The van der Waals surface area contributed by atoms with Gasteiger partial charge in [-0.3, -0.25) is 5.01 Å². The van der Waals surface area contributed by atoms with Gasteiger partial charge < -0.3 is 5.32 Å². The molecule has 1 saturated heterocycles. The summed E-state index contributed by atoms with van der Waals surface area (Å²) in [6.45, 7) is 3.93. The van der Waals surface area contributed by atoms with E-state index in [4.69, 9.17) is 0 Å². The first-order valence-corrected chi connectivity index (χ1v) is 3.66. The number of nitrogens with one attached hydrogen (secondary N) is 1. The van der Waals surface area contributed by atoms with E-state index in [9.17, 15) is 0 Å². The van der Waals surface area contributed by atoms with Gasteiger partial charge in [-0.05, 0) is 10.4 Å². The third-order valence-corrected chi connectivity index (χ3v) is 1.72. The molecule has 0 bridgehead atoms. The Hall–Kier alpha value is -1.17. The quantitative estimate of drug-likeness (QED) is 0.518. The molecule has 2 heterocycles. The van der Waals surface area contributed by atoms with Gasteiger partial charge in [-0.15, -0.1) is 9.89 Å². The second-order valence-electron chi connectivity index (χ2n) is 2.43. The number of hydrogen-bond acceptors (Lipinski definition) is 5. The molecule has 1 N–H and O–H groups in total. The molecule has 0 saturated carbocycles. The van der Waals surface area contributed by atoms with Gasteiger partial charge in [-0.1, -0.05) is 0 Å². The number of nitrogens with zero attached hydrogens (tertiary/aromatic N) is 5. The summed E-state index contributed by atoms with van der Waals surface area (Å²) in [7, 11) is 0. The van der Waals surface area contributed by atoms with Crippen LogP contribution >= 0.6 is 0 Å². The fraction of sp³-hybridized carbons (Fsp3) is 0.800. The van der Waals surface area contributed by atoms with E-state index in [2.05, 4.69) is 25.9 Å². The lowest BCUT2D eigenvalue weighted by Gasteiger charge is -2.27. The predicted octanol–water partition coefficient (Wildman–Crippen LogP) is -1.79. The number of piperazine rings is 1. The molecule has 0 amide bonds. The number of rotatable bonds is 1. The standard InChI is InChI=1S/C5H10N6/c1-3-10(4-2-6-1)11-5-7-8-9-11/h5-6H,1-4H2. The summed E-state index contributed by atoms with van der Waals surface area (Å²) in [6.07, 6.45) is 1.62. The molecule has 0 spiro atoms. The molecule has 1 aromatic rings. The summed E-state index contributed by atoms with van der Waals surface area (Å²) >= 11 is 0. The van der Waals surface area contributed by atoms with E-state index in [0.29, 0.717) is 0 Å². The van der Waals surface area contributed by atoms with Gasteiger partial charge >= 0.3 is 0 Å². The van der Waals surface area contributed by atoms with Crippen molar-refractivity contribution in [2.75, 3.05) is 31.2 Å². The summed E-state index contributed by atoms with van der Waals surface area (Å²) in [6, 6.07) is 0. The van der Waals surface area contributed by atoms with Crippen molar-refractivity contribution >= 4 is 0 Å². The zero-order valence-corrected chi connectivity index (χ0v) is 6.14. The maximum Gasteiger partial charge on any atom is 0.161 e. The Morgan fingerprint density at radius 2 is 2.09 bits per heavy atom. The van der Waals surface area contributed by atoms with Crippen molar-refractivity contribution in [3.8, 4) is 0 Å². The van der Waals surface area contributed by atoms with E-state index in [1.54, 1.807) is 11.1 Å². The SMILES string of the molecule is c1nnnn1N1CCNCC1. The smallest absolute Gasteiger partial charge is 0.161 e. The molecule has 60 valence electrons. The topological polar surface area (TPSA) is 58.9 Å². The lowest BCUT2D eigenvalue weighted by atomic mass is 10.4. The molecule has 6 nitrogen and oxygen atoms in total. The first-order chi connectivity index (χ1) is 5.47. The Balaban J connectivity index is 2.04. The lowest BCUT2D eigenvalue weighted by molar-refractivity contribution is 0.452. The van der Waals surface area contributed by atoms with E-state index in [1.165, 1.54) is 0 Å².